The van der Waals surface area contributed by atoms with Crippen molar-refractivity contribution in [3.8, 4) is 22.5 Å². The van der Waals surface area contributed by atoms with Gasteiger partial charge < -0.3 is 4.55 Å². The first kappa shape index (κ1) is 25.1. The molecule has 1 unspecified atom stereocenters. The van der Waals surface area contributed by atoms with E-state index in [-0.39, 0.29) is 21.7 Å². The monoisotopic (exact) mass is 531 g/mol. The minimum Gasteiger partial charge on any atom is -0.588 e. The van der Waals surface area contributed by atoms with Gasteiger partial charge in [-0.05, 0) is 64.9 Å². The fourth-order valence-electron chi connectivity index (χ4n) is 4.46. The van der Waals surface area contributed by atoms with Crippen LogP contribution in [-0.2, 0) is 24.0 Å². The molecule has 0 radical (unpaired) electrons. The second-order valence-electron chi connectivity index (χ2n) is 9.63. The van der Waals surface area contributed by atoms with Gasteiger partial charge in [0.1, 0.15) is 17.2 Å². The summed E-state index contributed by atoms with van der Waals surface area (Å²) in [5, 5.41) is 3.48. The van der Waals surface area contributed by atoms with Crippen molar-refractivity contribution >= 4 is 17.0 Å². The minimum atomic E-state index is -4.41. The minimum absolute atomic E-state index is 0.00663. The molecule has 1 aliphatic rings. The third-order valence-electron chi connectivity index (χ3n) is 6.17. The van der Waals surface area contributed by atoms with E-state index in [1.54, 1.807) is 16.4 Å². The van der Waals surface area contributed by atoms with E-state index in [2.05, 4.69) is 14.7 Å². The Morgan fingerprint density at radius 2 is 1.76 bits per heavy atom. The smallest absolute Gasteiger partial charge is 0.439 e. The van der Waals surface area contributed by atoms with Gasteiger partial charge in [0.05, 0.1) is 23.4 Å². The molecular weight excluding hydrogens is 510 g/mol. The Morgan fingerprint density at radius 3 is 2.38 bits per heavy atom. The van der Waals surface area contributed by atoms with Gasteiger partial charge in [0.2, 0.25) is 0 Å². The maximum absolute atomic E-state index is 14.8. The lowest BCUT2D eigenvalue weighted by molar-refractivity contribution is -0.137. The molecule has 0 amide bonds. The Kier molecular flexibility index (Phi) is 6.15. The normalized spacial score (nSPS) is 15.9. The molecule has 1 aromatic heterocycles. The van der Waals surface area contributed by atoms with E-state index in [1.807, 2.05) is 19.9 Å². The summed E-state index contributed by atoms with van der Waals surface area (Å²) < 4.78 is 73.4. The van der Waals surface area contributed by atoms with Crippen molar-refractivity contribution in [2.24, 2.45) is 5.41 Å². The predicted molar refractivity (Wildman–Crippen MR) is 131 cm³/mol. The zero-order valence-corrected chi connectivity index (χ0v) is 20.5. The lowest BCUT2D eigenvalue weighted by Gasteiger charge is -2.39. The van der Waals surface area contributed by atoms with Crippen molar-refractivity contribution in [1.29, 1.82) is 0 Å². The van der Waals surface area contributed by atoms with Gasteiger partial charge >= 0.3 is 11.9 Å². The van der Waals surface area contributed by atoms with Gasteiger partial charge in [0, 0.05) is 6.07 Å². The molecule has 0 spiro atoms. The molecule has 1 N–H and O–H groups in total. The van der Waals surface area contributed by atoms with Crippen molar-refractivity contribution < 1.29 is 26.6 Å². The van der Waals surface area contributed by atoms with Crippen LogP contribution in [0.15, 0.2) is 74.9 Å². The van der Waals surface area contributed by atoms with Gasteiger partial charge in [-0.15, -0.1) is 0 Å². The molecule has 37 heavy (non-hydrogen) atoms. The van der Waals surface area contributed by atoms with Crippen molar-refractivity contribution in [3.63, 3.8) is 0 Å². The van der Waals surface area contributed by atoms with E-state index >= 15 is 0 Å². The van der Waals surface area contributed by atoms with Crippen LogP contribution in [0.1, 0.15) is 25.0 Å². The number of aromatic amines is 1. The summed E-state index contributed by atoms with van der Waals surface area (Å²) in [7, 11) is 0. The van der Waals surface area contributed by atoms with E-state index in [1.165, 1.54) is 24.3 Å². The largest absolute Gasteiger partial charge is 0.588 e. The maximum atomic E-state index is 14.8. The van der Waals surface area contributed by atoms with E-state index in [9.17, 15) is 26.9 Å². The Morgan fingerprint density at radius 1 is 1.05 bits per heavy atom. The Labute approximate surface area is 212 Å². The molecule has 3 aromatic carbocycles. The Hall–Kier alpha value is -3.57. The molecule has 1 aliphatic heterocycles. The quantitative estimate of drug-likeness (QED) is 0.259. The summed E-state index contributed by atoms with van der Waals surface area (Å²) in [6, 6.07) is 14.4. The molecule has 0 bridgehead atoms. The number of aromatic nitrogens is 2. The molecule has 0 fully saturated rings. The number of benzene rings is 3. The molecule has 6 nitrogen and oxygen atoms in total. The van der Waals surface area contributed by atoms with Gasteiger partial charge in [-0.1, -0.05) is 37.2 Å². The first-order valence-electron chi connectivity index (χ1n) is 11.3. The molecule has 11 heteroatoms. The molecule has 0 saturated carbocycles. The molecule has 1 atom stereocenters. The summed E-state index contributed by atoms with van der Waals surface area (Å²) in [6.45, 7) is 4.48. The van der Waals surface area contributed by atoms with Gasteiger partial charge in [0.15, 0.2) is 10.7 Å². The van der Waals surface area contributed by atoms with Gasteiger partial charge in [-0.3, -0.25) is 9.51 Å². The molecule has 0 saturated heterocycles. The Balaban J connectivity index is 1.47. The number of rotatable bonds is 4. The first-order chi connectivity index (χ1) is 17.4. The van der Waals surface area contributed by atoms with Crippen LogP contribution in [0.2, 0.25) is 0 Å². The van der Waals surface area contributed by atoms with E-state index in [0.717, 1.165) is 29.3 Å². The average Bonchev–Trinajstić information content (AvgIpc) is 3.27. The molecular formula is C26H21F4N3O3S. The zero-order chi connectivity index (χ0) is 26.5. The highest BCUT2D eigenvalue weighted by Gasteiger charge is 2.38. The predicted octanol–water partition coefficient (Wildman–Crippen LogP) is 5.97. The number of nitrogens with zero attached hydrogens (tertiary/aromatic N) is 2. The topological polar surface area (TPSA) is 85.2 Å². The van der Waals surface area contributed by atoms with E-state index in [0.29, 0.717) is 24.2 Å². The summed E-state index contributed by atoms with van der Waals surface area (Å²) in [4.78, 5) is 13.7. The number of hydrogen-bond acceptors (Lipinski definition) is 5. The first-order valence-corrected chi connectivity index (χ1v) is 12.4. The fraction of sp³-hybridized carbons (Fsp3) is 0.231. The molecule has 192 valence electrons. The molecule has 5 rings (SSSR count). The third-order valence-corrected chi connectivity index (χ3v) is 7.56. The molecule has 4 aromatic rings. The number of H-pyrrole nitrogens is 1. The van der Waals surface area contributed by atoms with Crippen LogP contribution in [0, 0.1) is 11.2 Å². The number of hydrogen-bond donors (Lipinski definition) is 1. The van der Waals surface area contributed by atoms with Crippen LogP contribution in [-0.4, -0.2) is 21.2 Å². The molecule has 0 aliphatic carbocycles. The fourth-order valence-corrected chi connectivity index (χ4v) is 5.93. The second-order valence-corrected chi connectivity index (χ2v) is 11.0. The van der Waals surface area contributed by atoms with E-state index < -0.39 is 34.7 Å². The maximum Gasteiger partial charge on any atom is 0.439 e. The highest BCUT2D eigenvalue weighted by molar-refractivity contribution is 7.92. The average molecular weight is 532 g/mol. The second kappa shape index (κ2) is 9.07. The standard InChI is InChI=1S/C26H21F4N3O3S/c1-25(2)13-17-11-16(15-3-6-18(7-4-15)26(28,29)30)5-10-22(17)33(14-25)37(35)19-8-9-20(21(27)12-19)23-31-24(34)36-32-23/h3-12H,13-14H2,1-2H3,(H,31,32,34). The van der Waals surface area contributed by atoms with E-state index in [4.69, 9.17) is 0 Å². The highest BCUT2D eigenvalue weighted by Crippen LogP contribution is 2.41. The molecule has 2 heterocycles. The summed E-state index contributed by atoms with van der Waals surface area (Å²) >= 11 is -1.76. The summed E-state index contributed by atoms with van der Waals surface area (Å²) in [5.74, 6) is -1.60. The number of nitrogens with one attached hydrogen (secondary N) is 1. The third kappa shape index (κ3) is 5.01. The summed E-state index contributed by atoms with van der Waals surface area (Å²) in [5.41, 5.74) is 1.98. The SMILES string of the molecule is CC1(C)Cc2cc(-c3ccc(C(F)(F)F)cc3)ccc2N([S+]([O-])c2ccc(-c3noc(=O)[nH]3)c(F)c2)C1. The number of halogens is 4. The highest BCUT2D eigenvalue weighted by atomic mass is 32.2. The summed E-state index contributed by atoms with van der Waals surface area (Å²) in [6.07, 6.45) is -3.75. The van der Waals surface area contributed by atoms with Crippen LogP contribution >= 0.6 is 0 Å². The van der Waals surface area contributed by atoms with Crippen molar-refractivity contribution in [1.82, 2.24) is 10.1 Å². The lowest BCUT2D eigenvalue weighted by Crippen LogP contribution is -2.44. The van der Waals surface area contributed by atoms with Crippen LogP contribution in [0.5, 0.6) is 0 Å². The van der Waals surface area contributed by atoms with Crippen LogP contribution < -0.4 is 10.1 Å². The van der Waals surface area contributed by atoms with Gasteiger partial charge in [-0.25, -0.2) is 9.18 Å². The van der Waals surface area contributed by atoms with Crippen LogP contribution in [0.3, 0.4) is 0 Å². The van der Waals surface area contributed by atoms with Crippen molar-refractivity contribution in [2.45, 2.75) is 31.3 Å². The van der Waals surface area contributed by atoms with Crippen molar-refractivity contribution in [2.75, 3.05) is 10.8 Å². The van der Waals surface area contributed by atoms with Gasteiger partial charge in [0.25, 0.3) is 0 Å². The van der Waals surface area contributed by atoms with Crippen molar-refractivity contribution in [3.05, 3.63) is 88.2 Å². The van der Waals surface area contributed by atoms with Crippen LogP contribution in [0.4, 0.5) is 23.2 Å². The number of alkyl halides is 3. The zero-order valence-electron chi connectivity index (χ0n) is 19.7. The lowest BCUT2D eigenvalue weighted by atomic mass is 9.81. The number of fused-ring (bicyclic) bond motifs is 1. The van der Waals surface area contributed by atoms with Crippen LogP contribution in [0.25, 0.3) is 22.5 Å². The van der Waals surface area contributed by atoms with Gasteiger partial charge in [-0.2, -0.15) is 17.5 Å². The number of anilines is 1. The Bertz CT molecular complexity index is 1510.